The normalized spacial score (nSPS) is 19.1. The molecule has 2 fully saturated rings. The van der Waals surface area contributed by atoms with E-state index in [9.17, 15) is 4.39 Å². The van der Waals surface area contributed by atoms with Gasteiger partial charge in [0.25, 0.3) is 0 Å². The number of ether oxygens (including phenoxy) is 1. The fraction of sp³-hybridized carbons (Fsp3) is 0.730. The summed E-state index contributed by atoms with van der Waals surface area (Å²) >= 11 is 0. The van der Waals surface area contributed by atoms with Gasteiger partial charge in [0.1, 0.15) is 5.82 Å². The van der Waals surface area contributed by atoms with Crippen LogP contribution >= 0.6 is 0 Å². The molecule has 0 radical (unpaired) electrons. The van der Waals surface area contributed by atoms with Gasteiger partial charge in [-0.05, 0) is 91.9 Å². The van der Waals surface area contributed by atoms with Gasteiger partial charge in [-0.3, -0.25) is 0 Å². The van der Waals surface area contributed by atoms with Gasteiger partial charge in [-0.2, -0.15) is 4.39 Å². The highest BCUT2D eigenvalue weighted by molar-refractivity contribution is 5.41. The van der Waals surface area contributed by atoms with Crippen LogP contribution in [0.25, 0.3) is 0 Å². The minimum atomic E-state index is -0.844. The van der Waals surface area contributed by atoms with Crippen molar-refractivity contribution in [3.63, 3.8) is 0 Å². The number of aromatic nitrogens is 2. The van der Waals surface area contributed by atoms with E-state index in [0.29, 0.717) is 25.0 Å². The highest BCUT2D eigenvalue weighted by Gasteiger charge is 2.30. The molecule has 2 atom stereocenters. The molecule has 1 heterocycles. The minimum absolute atomic E-state index is 0.0229. The lowest BCUT2D eigenvalue weighted by Crippen LogP contribution is -2.18. The third-order valence-corrected chi connectivity index (χ3v) is 10.2. The predicted octanol–water partition coefficient (Wildman–Crippen LogP) is 10.5. The average Bonchev–Trinajstić information content (AvgIpc) is 3.94. The SMILES string of the molecule is CCC(CCCCCOc1cc2c(c(F)c1F)CC(c1ncc(CCCCCCCCCC3CC3)cn1)CC2)C1CC1. The summed E-state index contributed by atoms with van der Waals surface area (Å²) in [7, 11) is 0. The van der Waals surface area contributed by atoms with E-state index in [2.05, 4.69) is 16.9 Å². The smallest absolute Gasteiger partial charge is 0.200 e. The molecular formula is C37H54F2N2O. The van der Waals surface area contributed by atoms with Gasteiger partial charge in [0.05, 0.1) is 6.61 Å². The van der Waals surface area contributed by atoms with Gasteiger partial charge >= 0.3 is 0 Å². The van der Waals surface area contributed by atoms with Crippen molar-refractivity contribution in [2.75, 3.05) is 6.61 Å². The van der Waals surface area contributed by atoms with E-state index in [4.69, 9.17) is 4.74 Å². The van der Waals surface area contributed by atoms with Crippen molar-refractivity contribution in [2.24, 2.45) is 17.8 Å². The van der Waals surface area contributed by atoms with Crippen molar-refractivity contribution in [3.05, 3.63) is 52.6 Å². The number of nitrogens with zero attached hydrogens (tertiary/aromatic N) is 2. The molecule has 0 N–H and O–H groups in total. The molecule has 2 unspecified atom stereocenters. The first-order valence-corrected chi connectivity index (χ1v) is 17.6. The van der Waals surface area contributed by atoms with Crippen LogP contribution in [0.3, 0.4) is 0 Å². The second-order valence-electron chi connectivity index (χ2n) is 13.7. The standard InChI is InChI=1S/C37H54F2N2O/c1-2-29(30-18-19-30)15-11-8-12-22-42-34-24-31-20-21-32(23-33(31)35(38)36(34)39)37-40-25-28(26-41-37)14-10-7-5-3-4-6-9-13-27-16-17-27/h24-27,29-30,32H,2-23H2,1H3. The van der Waals surface area contributed by atoms with Crippen LogP contribution < -0.4 is 4.74 Å². The Morgan fingerprint density at radius 1 is 0.833 bits per heavy atom. The van der Waals surface area contributed by atoms with Gasteiger partial charge in [-0.15, -0.1) is 0 Å². The molecule has 5 heteroatoms. The summed E-state index contributed by atoms with van der Waals surface area (Å²) in [6, 6.07) is 1.74. The molecule has 2 saturated carbocycles. The van der Waals surface area contributed by atoms with Gasteiger partial charge in [0.15, 0.2) is 11.6 Å². The zero-order valence-corrected chi connectivity index (χ0v) is 26.2. The summed E-state index contributed by atoms with van der Waals surface area (Å²) in [4.78, 5) is 9.31. The Hall–Kier alpha value is -2.04. The maximum atomic E-state index is 15.2. The summed E-state index contributed by atoms with van der Waals surface area (Å²) in [5.74, 6) is 2.17. The van der Waals surface area contributed by atoms with Crippen molar-refractivity contribution in [1.29, 1.82) is 0 Å². The molecule has 3 aliphatic carbocycles. The molecule has 0 aliphatic heterocycles. The number of hydrogen-bond acceptors (Lipinski definition) is 3. The summed E-state index contributed by atoms with van der Waals surface area (Å²) in [5, 5.41) is 0. The average molecular weight is 581 g/mol. The molecule has 3 aliphatic rings. The molecular weight excluding hydrogens is 526 g/mol. The van der Waals surface area contributed by atoms with Gasteiger partial charge in [-0.1, -0.05) is 90.4 Å². The van der Waals surface area contributed by atoms with Gasteiger partial charge < -0.3 is 4.74 Å². The number of hydrogen-bond donors (Lipinski definition) is 0. The van der Waals surface area contributed by atoms with Crippen LogP contribution in [0.5, 0.6) is 5.75 Å². The van der Waals surface area contributed by atoms with Crippen LogP contribution in [0.2, 0.25) is 0 Å². The first kappa shape index (κ1) is 31.4. The highest BCUT2D eigenvalue weighted by Crippen LogP contribution is 2.41. The maximum absolute atomic E-state index is 15.2. The third kappa shape index (κ3) is 9.48. The lowest BCUT2D eigenvalue weighted by Gasteiger charge is -2.25. The molecule has 0 amide bonds. The number of aryl methyl sites for hydroxylation is 2. The number of fused-ring (bicyclic) bond motifs is 1. The van der Waals surface area contributed by atoms with Crippen LogP contribution in [0.15, 0.2) is 18.5 Å². The first-order chi connectivity index (χ1) is 20.6. The maximum Gasteiger partial charge on any atom is 0.200 e. The van der Waals surface area contributed by atoms with Crippen LogP contribution in [0.4, 0.5) is 8.78 Å². The molecule has 232 valence electrons. The fourth-order valence-electron chi connectivity index (χ4n) is 7.10. The van der Waals surface area contributed by atoms with Crippen molar-refractivity contribution >= 4 is 0 Å². The third-order valence-electron chi connectivity index (χ3n) is 10.2. The number of rotatable bonds is 20. The zero-order valence-electron chi connectivity index (χ0n) is 26.2. The fourth-order valence-corrected chi connectivity index (χ4v) is 7.10. The second-order valence-corrected chi connectivity index (χ2v) is 13.7. The predicted molar refractivity (Wildman–Crippen MR) is 167 cm³/mol. The van der Waals surface area contributed by atoms with E-state index in [1.54, 1.807) is 6.07 Å². The van der Waals surface area contributed by atoms with Gasteiger partial charge in [0, 0.05) is 18.3 Å². The Labute approximate surface area is 253 Å². The van der Waals surface area contributed by atoms with Crippen molar-refractivity contribution in [3.8, 4) is 5.75 Å². The molecule has 0 saturated heterocycles. The highest BCUT2D eigenvalue weighted by atomic mass is 19.2. The zero-order chi connectivity index (χ0) is 29.1. The Bertz CT molecular complexity index is 1100. The second kappa shape index (κ2) is 16.1. The van der Waals surface area contributed by atoms with E-state index in [-0.39, 0.29) is 11.7 Å². The van der Waals surface area contributed by atoms with E-state index in [1.165, 1.54) is 102 Å². The molecule has 1 aromatic carbocycles. The van der Waals surface area contributed by atoms with E-state index in [0.717, 1.165) is 54.8 Å². The van der Waals surface area contributed by atoms with Crippen LogP contribution in [-0.4, -0.2) is 16.6 Å². The minimum Gasteiger partial charge on any atom is -0.490 e. The van der Waals surface area contributed by atoms with Crippen LogP contribution in [0, 0.1) is 29.4 Å². The Balaban J connectivity index is 1.00. The molecule has 1 aromatic heterocycles. The van der Waals surface area contributed by atoms with E-state index < -0.39 is 11.6 Å². The Morgan fingerprint density at radius 3 is 2.26 bits per heavy atom. The largest absolute Gasteiger partial charge is 0.490 e. The Kier molecular flexibility index (Phi) is 12.1. The van der Waals surface area contributed by atoms with Crippen molar-refractivity contribution < 1.29 is 13.5 Å². The Morgan fingerprint density at radius 2 is 1.55 bits per heavy atom. The summed E-state index contributed by atoms with van der Waals surface area (Å²) in [6.07, 6.45) is 29.2. The molecule has 3 nitrogen and oxygen atoms in total. The number of benzene rings is 1. The number of unbranched alkanes of at least 4 members (excludes halogenated alkanes) is 8. The quantitative estimate of drug-likeness (QED) is 0.146. The number of halogens is 2. The lowest BCUT2D eigenvalue weighted by atomic mass is 9.83. The molecule has 0 spiro atoms. The molecule has 2 aromatic rings. The van der Waals surface area contributed by atoms with Crippen molar-refractivity contribution in [1.82, 2.24) is 9.97 Å². The summed E-state index contributed by atoms with van der Waals surface area (Å²) in [6.45, 7) is 2.74. The van der Waals surface area contributed by atoms with E-state index >= 15 is 4.39 Å². The van der Waals surface area contributed by atoms with Gasteiger partial charge in [0.2, 0.25) is 5.82 Å². The van der Waals surface area contributed by atoms with Crippen LogP contribution in [0.1, 0.15) is 151 Å². The molecule has 5 rings (SSSR count). The summed E-state index contributed by atoms with van der Waals surface area (Å²) < 4.78 is 35.9. The van der Waals surface area contributed by atoms with E-state index in [1.807, 2.05) is 12.4 Å². The lowest BCUT2D eigenvalue weighted by molar-refractivity contribution is 0.280. The van der Waals surface area contributed by atoms with Gasteiger partial charge in [-0.25, -0.2) is 14.4 Å². The summed E-state index contributed by atoms with van der Waals surface area (Å²) in [5.41, 5.74) is 2.52. The topological polar surface area (TPSA) is 35.0 Å². The molecule has 42 heavy (non-hydrogen) atoms. The van der Waals surface area contributed by atoms with Crippen LogP contribution in [-0.2, 0) is 19.3 Å². The first-order valence-electron chi connectivity index (χ1n) is 17.6. The monoisotopic (exact) mass is 580 g/mol. The molecule has 0 bridgehead atoms. The van der Waals surface area contributed by atoms with Crippen molar-refractivity contribution in [2.45, 2.75) is 148 Å².